The fourth-order valence-corrected chi connectivity index (χ4v) is 3.27. The maximum atomic E-state index is 12.6. The third-order valence-electron chi connectivity index (χ3n) is 4.31. The highest BCUT2D eigenvalue weighted by Crippen LogP contribution is 2.24. The number of hydrogen-bond acceptors (Lipinski definition) is 4. The maximum Gasteiger partial charge on any atom is 0.275 e. The molecule has 0 spiro atoms. The van der Waals surface area contributed by atoms with Gasteiger partial charge in [0, 0.05) is 11.9 Å². The molecule has 0 radical (unpaired) electrons. The van der Waals surface area contributed by atoms with E-state index < -0.39 is 0 Å². The van der Waals surface area contributed by atoms with Crippen LogP contribution in [0.1, 0.15) is 16.7 Å². The minimum Gasteiger partial charge on any atom is -0.496 e. The van der Waals surface area contributed by atoms with E-state index in [0.717, 1.165) is 28.8 Å². The first-order chi connectivity index (χ1) is 12.0. The Balaban J connectivity index is 1.80. The van der Waals surface area contributed by atoms with Gasteiger partial charge < -0.3 is 4.74 Å². The number of aryl methyl sites for hydroxylation is 2. The van der Waals surface area contributed by atoms with Crippen molar-refractivity contribution >= 4 is 10.8 Å². The number of nitrogens with zero attached hydrogens (tertiary/aromatic N) is 3. The summed E-state index contributed by atoms with van der Waals surface area (Å²) in [7, 11) is 3.68. The standard InChI is InChI=1S/C20H23N3O2/c1-14-9-16(10-15(2)19(14)25-4)12-22(3)13-23-20(24)18-8-6-5-7-17(18)11-21-23/h5-11H,12-13H2,1-4H3. The van der Waals surface area contributed by atoms with Gasteiger partial charge in [-0.15, -0.1) is 0 Å². The van der Waals surface area contributed by atoms with Crippen molar-refractivity contribution in [2.75, 3.05) is 14.2 Å². The van der Waals surface area contributed by atoms with Crippen molar-refractivity contribution < 1.29 is 4.74 Å². The third-order valence-corrected chi connectivity index (χ3v) is 4.31. The van der Waals surface area contributed by atoms with Gasteiger partial charge in [-0.2, -0.15) is 5.10 Å². The lowest BCUT2D eigenvalue weighted by atomic mass is 10.1. The first kappa shape index (κ1) is 17.2. The Labute approximate surface area is 147 Å². The van der Waals surface area contributed by atoms with Gasteiger partial charge in [0.15, 0.2) is 0 Å². The number of aromatic nitrogens is 2. The summed E-state index contributed by atoms with van der Waals surface area (Å²) in [5.74, 6) is 0.929. The zero-order valence-corrected chi connectivity index (χ0v) is 15.1. The second-order valence-electron chi connectivity index (χ2n) is 6.45. The molecule has 0 N–H and O–H groups in total. The minimum absolute atomic E-state index is 0.0629. The molecule has 0 saturated carbocycles. The monoisotopic (exact) mass is 337 g/mol. The Hall–Kier alpha value is -2.66. The Kier molecular flexibility index (Phi) is 4.86. The Morgan fingerprint density at radius 2 is 1.84 bits per heavy atom. The van der Waals surface area contributed by atoms with Gasteiger partial charge in [-0.25, -0.2) is 4.68 Å². The van der Waals surface area contributed by atoms with Crippen LogP contribution in [0.2, 0.25) is 0 Å². The molecule has 0 aliphatic carbocycles. The van der Waals surface area contributed by atoms with Gasteiger partial charge in [-0.1, -0.05) is 30.3 Å². The fourth-order valence-electron chi connectivity index (χ4n) is 3.27. The van der Waals surface area contributed by atoms with Crippen molar-refractivity contribution in [2.45, 2.75) is 27.1 Å². The van der Waals surface area contributed by atoms with E-state index in [1.54, 1.807) is 13.3 Å². The van der Waals surface area contributed by atoms with Gasteiger partial charge in [0.05, 0.1) is 25.4 Å². The molecule has 2 aromatic carbocycles. The number of hydrogen-bond donors (Lipinski definition) is 0. The number of fused-ring (bicyclic) bond motifs is 1. The average molecular weight is 337 g/mol. The Morgan fingerprint density at radius 3 is 2.52 bits per heavy atom. The summed E-state index contributed by atoms with van der Waals surface area (Å²) in [6.45, 7) is 5.26. The molecule has 1 heterocycles. The quantitative estimate of drug-likeness (QED) is 0.718. The van der Waals surface area contributed by atoms with E-state index in [4.69, 9.17) is 4.74 Å². The second-order valence-corrected chi connectivity index (χ2v) is 6.45. The van der Waals surface area contributed by atoms with E-state index in [0.29, 0.717) is 12.1 Å². The molecule has 5 nitrogen and oxygen atoms in total. The molecule has 0 saturated heterocycles. The largest absolute Gasteiger partial charge is 0.496 e. The highest BCUT2D eigenvalue weighted by Gasteiger charge is 2.09. The van der Waals surface area contributed by atoms with E-state index in [1.165, 1.54) is 10.2 Å². The molecule has 0 amide bonds. The zero-order chi connectivity index (χ0) is 18.0. The van der Waals surface area contributed by atoms with Gasteiger partial charge in [-0.3, -0.25) is 9.69 Å². The number of ether oxygens (including phenoxy) is 1. The molecular formula is C20H23N3O2. The van der Waals surface area contributed by atoms with Crippen molar-refractivity contribution in [2.24, 2.45) is 0 Å². The van der Waals surface area contributed by atoms with E-state index in [2.05, 4.69) is 22.1 Å². The van der Waals surface area contributed by atoms with Gasteiger partial charge >= 0.3 is 0 Å². The molecule has 0 atom stereocenters. The van der Waals surface area contributed by atoms with Crippen LogP contribution in [0.4, 0.5) is 0 Å². The fraction of sp³-hybridized carbons (Fsp3) is 0.300. The summed E-state index contributed by atoms with van der Waals surface area (Å²) in [6, 6.07) is 11.8. The average Bonchev–Trinajstić information content (AvgIpc) is 2.57. The van der Waals surface area contributed by atoms with E-state index >= 15 is 0 Å². The zero-order valence-electron chi connectivity index (χ0n) is 15.1. The first-order valence-corrected chi connectivity index (χ1v) is 8.27. The summed E-state index contributed by atoms with van der Waals surface area (Å²) in [6.07, 6.45) is 1.74. The molecule has 130 valence electrons. The highest BCUT2D eigenvalue weighted by molar-refractivity contribution is 5.80. The van der Waals surface area contributed by atoms with Crippen LogP contribution >= 0.6 is 0 Å². The van der Waals surface area contributed by atoms with Crippen LogP contribution in [0.3, 0.4) is 0 Å². The second kappa shape index (κ2) is 7.07. The van der Waals surface area contributed by atoms with Crippen LogP contribution in [-0.4, -0.2) is 28.8 Å². The number of benzene rings is 2. The van der Waals surface area contributed by atoms with Crippen LogP contribution < -0.4 is 10.3 Å². The predicted octanol–water partition coefficient (Wildman–Crippen LogP) is 3.11. The minimum atomic E-state index is -0.0629. The van der Waals surface area contributed by atoms with Crippen molar-refractivity contribution in [1.82, 2.24) is 14.7 Å². The van der Waals surface area contributed by atoms with Gasteiger partial charge in [0.2, 0.25) is 0 Å². The highest BCUT2D eigenvalue weighted by atomic mass is 16.5. The molecule has 0 bridgehead atoms. The molecule has 0 fully saturated rings. The van der Waals surface area contributed by atoms with E-state index in [9.17, 15) is 4.79 Å². The SMILES string of the molecule is COc1c(C)cc(CN(C)Cn2ncc3ccccc3c2=O)cc1C. The van der Waals surface area contributed by atoms with Crippen molar-refractivity contribution in [3.8, 4) is 5.75 Å². The molecule has 0 aliphatic rings. The summed E-state index contributed by atoms with van der Waals surface area (Å²) >= 11 is 0. The van der Waals surface area contributed by atoms with Crippen LogP contribution in [0.15, 0.2) is 47.4 Å². The summed E-state index contributed by atoms with van der Waals surface area (Å²) in [5, 5.41) is 5.86. The van der Waals surface area contributed by atoms with Crippen LogP contribution in [0, 0.1) is 13.8 Å². The summed E-state index contributed by atoms with van der Waals surface area (Å²) in [5.41, 5.74) is 3.36. The number of methoxy groups -OCH3 is 1. The lowest BCUT2D eigenvalue weighted by Gasteiger charge is -2.19. The summed E-state index contributed by atoms with van der Waals surface area (Å²) in [4.78, 5) is 14.6. The molecular weight excluding hydrogens is 314 g/mol. The lowest BCUT2D eigenvalue weighted by molar-refractivity contribution is 0.241. The Bertz CT molecular complexity index is 940. The normalized spacial score (nSPS) is 11.2. The lowest BCUT2D eigenvalue weighted by Crippen LogP contribution is -2.31. The molecule has 25 heavy (non-hydrogen) atoms. The number of rotatable bonds is 5. The van der Waals surface area contributed by atoms with Crippen molar-refractivity contribution in [3.05, 3.63) is 69.6 Å². The van der Waals surface area contributed by atoms with Crippen LogP contribution in [0.5, 0.6) is 5.75 Å². The molecule has 0 unspecified atom stereocenters. The van der Waals surface area contributed by atoms with E-state index in [1.807, 2.05) is 45.2 Å². The topological polar surface area (TPSA) is 47.4 Å². The molecule has 3 aromatic rings. The van der Waals surface area contributed by atoms with Crippen molar-refractivity contribution in [1.29, 1.82) is 0 Å². The van der Waals surface area contributed by atoms with Gasteiger partial charge in [0.25, 0.3) is 5.56 Å². The van der Waals surface area contributed by atoms with Crippen molar-refractivity contribution in [3.63, 3.8) is 0 Å². The molecule has 5 heteroatoms. The molecule has 3 rings (SSSR count). The van der Waals surface area contributed by atoms with Crippen LogP contribution in [-0.2, 0) is 13.2 Å². The first-order valence-electron chi connectivity index (χ1n) is 8.27. The van der Waals surface area contributed by atoms with Gasteiger partial charge in [-0.05, 0) is 43.7 Å². The Morgan fingerprint density at radius 1 is 1.16 bits per heavy atom. The van der Waals surface area contributed by atoms with E-state index in [-0.39, 0.29) is 5.56 Å². The smallest absolute Gasteiger partial charge is 0.275 e. The van der Waals surface area contributed by atoms with Crippen LogP contribution in [0.25, 0.3) is 10.8 Å². The maximum absolute atomic E-state index is 12.6. The predicted molar refractivity (Wildman–Crippen MR) is 99.9 cm³/mol. The molecule has 0 aliphatic heterocycles. The third kappa shape index (κ3) is 3.56. The molecule has 1 aromatic heterocycles. The van der Waals surface area contributed by atoms with Gasteiger partial charge in [0.1, 0.15) is 5.75 Å². The summed E-state index contributed by atoms with van der Waals surface area (Å²) < 4.78 is 6.92.